The van der Waals surface area contributed by atoms with Gasteiger partial charge >= 0.3 is 0 Å². The maximum atomic E-state index is 12.9. The Labute approximate surface area is 184 Å². The molecular weight excluding hydrogens is 397 g/mol. The van der Waals surface area contributed by atoms with Crippen LogP contribution in [0.2, 0.25) is 0 Å². The quantitative estimate of drug-likeness (QED) is 0.497. The molecule has 3 nitrogen and oxygen atoms in total. The van der Waals surface area contributed by atoms with Crippen LogP contribution in [0.25, 0.3) is 0 Å². The molecule has 2 N–H and O–H groups in total. The molecule has 2 aromatic rings. The normalized spacial score (nSPS) is 12.1. The summed E-state index contributed by atoms with van der Waals surface area (Å²) >= 11 is 1.59. The van der Waals surface area contributed by atoms with Gasteiger partial charge in [-0.3, -0.25) is 4.79 Å². The minimum absolute atomic E-state index is 0.0821. The van der Waals surface area contributed by atoms with Gasteiger partial charge in [-0.15, -0.1) is 0 Å². The fourth-order valence-corrected chi connectivity index (χ4v) is 4.01. The number of hydrogen-bond donors (Lipinski definition) is 2. The second-order valence-electron chi connectivity index (χ2n) is 9.75. The number of benzene rings is 2. The highest BCUT2D eigenvalue weighted by Gasteiger charge is 2.26. The van der Waals surface area contributed by atoms with E-state index in [1.807, 2.05) is 0 Å². The molecule has 0 heterocycles. The Morgan fingerprint density at radius 3 is 2.03 bits per heavy atom. The number of aromatic hydroxyl groups is 1. The van der Waals surface area contributed by atoms with Crippen LogP contribution in [0.15, 0.2) is 36.4 Å². The van der Waals surface area contributed by atoms with E-state index in [-0.39, 0.29) is 22.6 Å². The average molecular weight is 432 g/mol. The molecule has 0 fully saturated rings. The third-order valence-corrected chi connectivity index (χ3v) is 5.94. The molecule has 0 saturated heterocycles. The van der Waals surface area contributed by atoms with Gasteiger partial charge in [-0.05, 0) is 70.4 Å². The van der Waals surface area contributed by atoms with E-state index in [4.69, 9.17) is 0 Å². The second kappa shape index (κ2) is 9.86. The Bertz CT molecular complexity index is 829. The topological polar surface area (TPSA) is 49.3 Å². The van der Waals surface area contributed by atoms with Crippen molar-refractivity contribution in [3.8, 4) is 5.75 Å². The van der Waals surface area contributed by atoms with Gasteiger partial charge in [-0.25, -0.2) is 4.39 Å². The van der Waals surface area contributed by atoms with Crippen molar-refractivity contribution in [1.82, 2.24) is 0 Å². The molecule has 2 aromatic carbocycles. The minimum Gasteiger partial charge on any atom is -0.507 e. The molecule has 0 aliphatic rings. The highest BCUT2D eigenvalue weighted by Crippen LogP contribution is 2.40. The van der Waals surface area contributed by atoms with Crippen LogP contribution >= 0.6 is 11.8 Å². The number of phenols is 1. The van der Waals surface area contributed by atoms with Crippen LogP contribution in [0.1, 0.15) is 64.7 Å². The van der Waals surface area contributed by atoms with Gasteiger partial charge in [0.25, 0.3) is 0 Å². The Balaban J connectivity index is 1.91. The Kier molecular flexibility index (Phi) is 7.98. The van der Waals surface area contributed by atoms with Crippen molar-refractivity contribution < 1.29 is 14.3 Å². The zero-order valence-electron chi connectivity index (χ0n) is 18.9. The Morgan fingerprint density at radius 1 is 1.00 bits per heavy atom. The smallest absolute Gasteiger partial charge is 0.234 e. The summed E-state index contributed by atoms with van der Waals surface area (Å²) in [5.41, 5.74) is 3.53. The van der Waals surface area contributed by atoms with Gasteiger partial charge in [-0.1, -0.05) is 53.7 Å². The minimum atomic E-state index is -0.319. The zero-order valence-corrected chi connectivity index (χ0v) is 19.8. The highest BCUT2D eigenvalue weighted by molar-refractivity contribution is 7.99. The molecule has 0 aliphatic heterocycles. The number of rotatable bonds is 7. The number of halogens is 1. The maximum absolute atomic E-state index is 12.9. The van der Waals surface area contributed by atoms with Crippen molar-refractivity contribution in [3.63, 3.8) is 0 Å². The second-order valence-corrected chi connectivity index (χ2v) is 10.9. The lowest BCUT2D eigenvalue weighted by Gasteiger charge is -2.28. The van der Waals surface area contributed by atoms with Crippen LogP contribution in [-0.2, 0) is 22.0 Å². The van der Waals surface area contributed by atoms with Gasteiger partial charge in [0, 0.05) is 5.69 Å². The fraction of sp³-hybridized carbons (Fsp3) is 0.480. The number of phenolic OH excluding ortho intramolecular Hbond substituents is 1. The molecule has 0 radical (unpaired) electrons. The van der Waals surface area contributed by atoms with E-state index in [9.17, 15) is 14.3 Å². The first-order valence-corrected chi connectivity index (χ1v) is 11.5. The predicted octanol–water partition coefficient (Wildman–Crippen LogP) is 6.43. The maximum Gasteiger partial charge on any atom is 0.234 e. The summed E-state index contributed by atoms with van der Waals surface area (Å²) < 4.78 is 12.9. The zero-order chi connectivity index (χ0) is 22.5. The molecule has 0 saturated carbocycles. The lowest BCUT2D eigenvalue weighted by atomic mass is 9.78. The van der Waals surface area contributed by atoms with Crippen molar-refractivity contribution in [2.75, 3.05) is 16.8 Å². The van der Waals surface area contributed by atoms with Gasteiger partial charge in [-0.2, -0.15) is 11.8 Å². The number of nitrogens with one attached hydrogen (secondary N) is 1. The summed E-state index contributed by atoms with van der Waals surface area (Å²) in [6, 6.07) is 10.0. The van der Waals surface area contributed by atoms with Gasteiger partial charge in [0.1, 0.15) is 11.6 Å². The molecular formula is C25H34FNO2S. The van der Waals surface area contributed by atoms with Crippen molar-refractivity contribution in [2.24, 2.45) is 0 Å². The average Bonchev–Trinajstić information content (AvgIpc) is 2.62. The molecule has 30 heavy (non-hydrogen) atoms. The molecule has 0 spiro atoms. The number of carbonyl (C=O) groups excluding carboxylic acids is 1. The van der Waals surface area contributed by atoms with E-state index in [2.05, 4.69) is 59.0 Å². The van der Waals surface area contributed by atoms with Crippen LogP contribution in [0.4, 0.5) is 10.1 Å². The fourth-order valence-electron chi connectivity index (χ4n) is 3.26. The lowest BCUT2D eigenvalue weighted by Crippen LogP contribution is -2.18. The first-order chi connectivity index (χ1) is 13.9. The summed E-state index contributed by atoms with van der Waals surface area (Å²) in [5, 5.41) is 13.6. The van der Waals surface area contributed by atoms with E-state index in [0.717, 1.165) is 29.7 Å². The highest BCUT2D eigenvalue weighted by atomic mass is 32.2. The number of anilines is 1. The molecule has 0 aromatic heterocycles. The monoisotopic (exact) mass is 431 g/mol. The van der Waals surface area contributed by atoms with E-state index >= 15 is 0 Å². The largest absolute Gasteiger partial charge is 0.507 e. The van der Waals surface area contributed by atoms with Crippen molar-refractivity contribution in [2.45, 2.75) is 65.2 Å². The van der Waals surface area contributed by atoms with E-state index < -0.39 is 0 Å². The van der Waals surface area contributed by atoms with E-state index in [1.54, 1.807) is 23.9 Å². The van der Waals surface area contributed by atoms with Crippen LogP contribution in [0.3, 0.4) is 0 Å². The van der Waals surface area contributed by atoms with Gasteiger partial charge in [0.2, 0.25) is 5.91 Å². The standard InChI is InChI=1S/C25H34FNO2S/c1-24(2,3)20-14-17(15-21(23(20)29)25(4,5)6)8-7-13-30-16-22(28)27-19-11-9-18(26)10-12-19/h9-12,14-15,29H,7-8,13,16H2,1-6H3,(H,27,28). The number of carbonyl (C=O) groups is 1. The number of thioether (sulfide) groups is 1. The third-order valence-electron chi connectivity index (χ3n) is 4.90. The molecule has 0 atom stereocenters. The molecule has 164 valence electrons. The van der Waals surface area contributed by atoms with Gasteiger partial charge in [0.05, 0.1) is 5.75 Å². The molecule has 0 aliphatic carbocycles. The molecule has 5 heteroatoms. The summed E-state index contributed by atoms with van der Waals surface area (Å²) in [6.45, 7) is 12.7. The van der Waals surface area contributed by atoms with Crippen molar-refractivity contribution >= 4 is 23.4 Å². The lowest BCUT2D eigenvalue weighted by molar-refractivity contribution is -0.113. The van der Waals surface area contributed by atoms with Crippen molar-refractivity contribution in [3.05, 3.63) is 58.9 Å². The molecule has 1 amide bonds. The van der Waals surface area contributed by atoms with E-state index in [1.165, 1.54) is 17.7 Å². The van der Waals surface area contributed by atoms with E-state index in [0.29, 0.717) is 17.2 Å². The number of aryl methyl sites for hydroxylation is 1. The van der Waals surface area contributed by atoms with Crippen LogP contribution in [-0.4, -0.2) is 22.5 Å². The molecule has 0 unspecified atom stereocenters. The van der Waals surface area contributed by atoms with Gasteiger partial charge in [0.15, 0.2) is 0 Å². The van der Waals surface area contributed by atoms with Crippen LogP contribution in [0.5, 0.6) is 5.75 Å². The number of amides is 1. The van der Waals surface area contributed by atoms with Crippen molar-refractivity contribution in [1.29, 1.82) is 0 Å². The van der Waals surface area contributed by atoms with Crippen LogP contribution in [0, 0.1) is 5.82 Å². The molecule has 0 bridgehead atoms. The summed E-state index contributed by atoms with van der Waals surface area (Å²) in [7, 11) is 0. The SMILES string of the molecule is CC(C)(C)c1cc(CCCSCC(=O)Nc2ccc(F)cc2)cc(C(C)(C)C)c1O. The predicted molar refractivity (Wildman–Crippen MR) is 126 cm³/mol. The summed E-state index contributed by atoms with van der Waals surface area (Å²) in [6.07, 6.45) is 1.85. The summed E-state index contributed by atoms with van der Waals surface area (Å²) in [4.78, 5) is 12.0. The number of hydrogen-bond acceptors (Lipinski definition) is 3. The van der Waals surface area contributed by atoms with Gasteiger partial charge < -0.3 is 10.4 Å². The van der Waals surface area contributed by atoms with Crippen LogP contribution < -0.4 is 5.32 Å². The first-order valence-electron chi connectivity index (χ1n) is 10.4. The molecule has 2 rings (SSSR count). The Morgan fingerprint density at radius 2 is 1.53 bits per heavy atom. The Hall–Kier alpha value is -2.01. The third kappa shape index (κ3) is 7.05. The first kappa shape index (κ1) is 24.3. The summed E-state index contributed by atoms with van der Waals surface area (Å²) in [5.74, 6) is 1.24.